The second-order valence-electron chi connectivity index (χ2n) is 2.77. The van der Waals surface area contributed by atoms with Crippen LogP contribution in [-0.2, 0) is 0 Å². The van der Waals surface area contributed by atoms with E-state index >= 15 is 0 Å². The number of hydrogen-bond acceptors (Lipinski definition) is 2. The summed E-state index contributed by atoms with van der Waals surface area (Å²) in [6.45, 7) is 3.02. The predicted molar refractivity (Wildman–Crippen MR) is 43.2 cm³/mol. The van der Waals surface area contributed by atoms with Crippen LogP contribution in [0.2, 0.25) is 0 Å². The minimum atomic E-state index is 0.674. The fraction of sp³-hybridized carbons (Fsp3) is 0.500. The van der Waals surface area contributed by atoms with Gasteiger partial charge < -0.3 is 0 Å². The number of allylic oxidation sites excluding steroid dienone is 3. The SMILES string of the molecule is CC1C=CC=C(CNN)C1. The molecular formula is C8H14N2. The van der Waals surface area contributed by atoms with Crippen LogP contribution in [0.25, 0.3) is 0 Å². The minimum absolute atomic E-state index is 0.674. The van der Waals surface area contributed by atoms with Crippen molar-refractivity contribution in [1.82, 2.24) is 5.43 Å². The van der Waals surface area contributed by atoms with Gasteiger partial charge in [0.15, 0.2) is 0 Å². The Balaban J connectivity index is 2.45. The molecule has 0 saturated heterocycles. The van der Waals surface area contributed by atoms with Gasteiger partial charge in [-0.25, -0.2) is 0 Å². The first-order valence-corrected chi connectivity index (χ1v) is 3.62. The molecule has 0 aromatic rings. The maximum atomic E-state index is 5.19. The number of nitrogens with two attached hydrogens (primary N) is 1. The Morgan fingerprint density at radius 2 is 2.60 bits per heavy atom. The van der Waals surface area contributed by atoms with Gasteiger partial charge in [-0.05, 0) is 12.3 Å². The molecule has 0 saturated carbocycles. The van der Waals surface area contributed by atoms with Crippen LogP contribution in [0.1, 0.15) is 13.3 Å². The van der Waals surface area contributed by atoms with E-state index in [1.807, 2.05) is 0 Å². The van der Waals surface area contributed by atoms with Gasteiger partial charge in [0.25, 0.3) is 0 Å². The van der Waals surface area contributed by atoms with Gasteiger partial charge in [0.05, 0.1) is 0 Å². The zero-order valence-electron chi connectivity index (χ0n) is 6.30. The summed E-state index contributed by atoms with van der Waals surface area (Å²) in [7, 11) is 0. The third-order valence-corrected chi connectivity index (χ3v) is 1.68. The van der Waals surface area contributed by atoms with E-state index in [0.717, 1.165) is 13.0 Å². The molecule has 0 bridgehead atoms. The lowest BCUT2D eigenvalue weighted by atomic mass is 9.96. The van der Waals surface area contributed by atoms with Crippen molar-refractivity contribution in [3.8, 4) is 0 Å². The lowest BCUT2D eigenvalue weighted by Crippen LogP contribution is -2.25. The van der Waals surface area contributed by atoms with E-state index in [2.05, 4.69) is 30.6 Å². The molecule has 0 aliphatic heterocycles. The average Bonchev–Trinajstić information content (AvgIpc) is 1.88. The van der Waals surface area contributed by atoms with Crippen molar-refractivity contribution in [3.05, 3.63) is 23.8 Å². The van der Waals surface area contributed by atoms with Crippen LogP contribution in [0, 0.1) is 5.92 Å². The van der Waals surface area contributed by atoms with Gasteiger partial charge in [0.1, 0.15) is 0 Å². The van der Waals surface area contributed by atoms with Gasteiger partial charge in [-0.15, -0.1) is 0 Å². The van der Waals surface area contributed by atoms with E-state index in [9.17, 15) is 0 Å². The topological polar surface area (TPSA) is 38.0 Å². The van der Waals surface area contributed by atoms with Crippen molar-refractivity contribution in [2.24, 2.45) is 11.8 Å². The van der Waals surface area contributed by atoms with E-state index in [1.54, 1.807) is 0 Å². The maximum absolute atomic E-state index is 5.19. The Morgan fingerprint density at radius 1 is 1.80 bits per heavy atom. The molecule has 56 valence electrons. The Hall–Kier alpha value is -0.600. The average molecular weight is 138 g/mol. The van der Waals surface area contributed by atoms with Crippen molar-refractivity contribution in [1.29, 1.82) is 0 Å². The summed E-state index contributed by atoms with van der Waals surface area (Å²) in [5.74, 6) is 5.86. The van der Waals surface area contributed by atoms with Crippen LogP contribution in [0.3, 0.4) is 0 Å². The first kappa shape index (κ1) is 7.51. The molecule has 1 aliphatic carbocycles. The monoisotopic (exact) mass is 138 g/mol. The molecule has 0 heterocycles. The van der Waals surface area contributed by atoms with Gasteiger partial charge in [0, 0.05) is 6.54 Å². The predicted octanol–water partition coefficient (Wildman–Crippen LogP) is 0.972. The van der Waals surface area contributed by atoms with Crippen LogP contribution in [0.15, 0.2) is 23.8 Å². The Labute approximate surface area is 61.8 Å². The molecule has 1 rings (SSSR count). The fourth-order valence-electron chi connectivity index (χ4n) is 1.19. The highest BCUT2D eigenvalue weighted by Gasteiger charge is 2.04. The van der Waals surface area contributed by atoms with Crippen LogP contribution in [-0.4, -0.2) is 6.54 Å². The van der Waals surface area contributed by atoms with E-state index in [0.29, 0.717) is 5.92 Å². The smallest absolute Gasteiger partial charge is 0.0311 e. The highest BCUT2D eigenvalue weighted by atomic mass is 15.2. The Kier molecular flexibility index (Phi) is 2.66. The molecule has 1 atom stereocenters. The number of rotatable bonds is 2. The van der Waals surface area contributed by atoms with E-state index in [-0.39, 0.29) is 0 Å². The largest absolute Gasteiger partial charge is 0.271 e. The summed E-state index contributed by atoms with van der Waals surface area (Å²) in [5, 5.41) is 0. The summed E-state index contributed by atoms with van der Waals surface area (Å²) in [6.07, 6.45) is 7.57. The van der Waals surface area contributed by atoms with Crippen LogP contribution in [0.4, 0.5) is 0 Å². The maximum Gasteiger partial charge on any atom is 0.0311 e. The third kappa shape index (κ3) is 1.97. The summed E-state index contributed by atoms with van der Waals surface area (Å²) in [6, 6.07) is 0. The zero-order valence-corrected chi connectivity index (χ0v) is 6.30. The molecule has 0 aromatic heterocycles. The summed E-state index contributed by atoms with van der Waals surface area (Å²) in [4.78, 5) is 0. The van der Waals surface area contributed by atoms with Crippen molar-refractivity contribution >= 4 is 0 Å². The normalized spacial score (nSPS) is 24.6. The molecule has 1 aliphatic rings. The fourth-order valence-corrected chi connectivity index (χ4v) is 1.19. The van der Waals surface area contributed by atoms with Crippen LogP contribution < -0.4 is 11.3 Å². The third-order valence-electron chi connectivity index (χ3n) is 1.68. The molecular weight excluding hydrogens is 124 g/mol. The molecule has 10 heavy (non-hydrogen) atoms. The Morgan fingerprint density at radius 3 is 3.20 bits per heavy atom. The van der Waals surface area contributed by atoms with Crippen molar-refractivity contribution < 1.29 is 0 Å². The van der Waals surface area contributed by atoms with Crippen LogP contribution >= 0.6 is 0 Å². The first-order valence-electron chi connectivity index (χ1n) is 3.62. The quantitative estimate of drug-likeness (QED) is 0.441. The standard InChI is InChI=1S/C8H14N2/c1-7-3-2-4-8(5-7)6-10-9/h2-4,7,10H,5-6,9H2,1H3. The first-order chi connectivity index (χ1) is 4.83. The lowest BCUT2D eigenvalue weighted by Gasteiger charge is -2.13. The number of hydrogen-bond donors (Lipinski definition) is 2. The molecule has 2 nitrogen and oxygen atoms in total. The molecule has 3 N–H and O–H groups in total. The van der Waals surface area contributed by atoms with Gasteiger partial charge in [-0.2, -0.15) is 0 Å². The van der Waals surface area contributed by atoms with Crippen LogP contribution in [0.5, 0.6) is 0 Å². The van der Waals surface area contributed by atoms with E-state index in [4.69, 9.17) is 5.84 Å². The molecule has 1 unspecified atom stereocenters. The summed E-state index contributed by atoms with van der Waals surface area (Å²) in [5.41, 5.74) is 4.04. The molecule has 0 radical (unpaired) electrons. The number of nitrogens with one attached hydrogen (secondary N) is 1. The van der Waals surface area contributed by atoms with E-state index in [1.165, 1.54) is 5.57 Å². The zero-order chi connectivity index (χ0) is 7.40. The molecule has 0 amide bonds. The highest BCUT2D eigenvalue weighted by Crippen LogP contribution is 2.16. The Bertz CT molecular complexity index is 159. The van der Waals surface area contributed by atoms with Crippen molar-refractivity contribution in [2.45, 2.75) is 13.3 Å². The van der Waals surface area contributed by atoms with Gasteiger partial charge >= 0.3 is 0 Å². The second kappa shape index (κ2) is 3.54. The molecule has 0 fully saturated rings. The number of hydrazine groups is 1. The second-order valence-corrected chi connectivity index (χ2v) is 2.77. The molecule has 2 heteroatoms. The summed E-state index contributed by atoms with van der Waals surface area (Å²) >= 11 is 0. The van der Waals surface area contributed by atoms with Crippen molar-refractivity contribution in [3.63, 3.8) is 0 Å². The van der Waals surface area contributed by atoms with Gasteiger partial charge in [-0.1, -0.05) is 30.7 Å². The van der Waals surface area contributed by atoms with Gasteiger partial charge in [-0.3, -0.25) is 11.3 Å². The molecule has 0 spiro atoms. The van der Waals surface area contributed by atoms with Crippen molar-refractivity contribution in [2.75, 3.05) is 6.54 Å². The van der Waals surface area contributed by atoms with Gasteiger partial charge in [0.2, 0.25) is 0 Å². The highest BCUT2D eigenvalue weighted by molar-refractivity contribution is 5.20. The summed E-state index contributed by atoms with van der Waals surface area (Å²) < 4.78 is 0. The van der Waals surface area contributed by atoms with E-state index < -0.39 is 0 Å². The minimum Gasteiger partial charge on any atom is -0.271 e. The molecule has 0 aromatic carbocycles. The lowest BCUT2D eigenvalue weighted by molar-refractivity contribution is 0.664.